The Morgan fingerprint density at radius 1 is 1.22 bits per heavy atom. The van der Waals surface area contributed by atoms with Gasteiger partial charge in [0.25, 0.3) is 0 Å². The number of rotatable bonds is 3. The lowest BCUT2D eigenvalue weighted by Crippen LogP contribution is -2.49. The van der Waals surface area contributed by atoms with E-state index in [1.54, 1.807) is 6.07 Å². The molecular weight excluding hydrogens is 308 g/mol. The number of nitriles is 1. The normalized spacial score (nSPS) is 23.3. The van der Waals surface area contributed by atoms with E-state index in [4.69, 9.17) is 0 Å². The van der Waals surface area contributed by atoms with Gasteiger partial charge in [-0.3, -0.25) is 0 Å². The number of sulfonamides is 1. The molecule has 2 aromatic carbocycles. The van der Waals surface area contributed by atoms with Crippen LogP contribution >= 0.6 is 0 Å². The lowest BCUT2D eigenvalue weighted by atomic mass is 9.81. The summed E-state index contributed by atoms with van der Waals surface area (Å²) < 4.78 is 26.6. The minimum Gasteiger partial charge on any atom is -0.213 e. The Balaban J connectivity index is 2.18. The highest BCUT2D eigenvalue weighted by Gasteiger charge is 2.45. The molecule has 0 amide bonds. The maximum Gasteiger partial charge on any atom is 0.209 e. The summed E-state index contributed by atoms with van der Waals surface area (Å²) in [6.07, 6.45) is 1.78. The van der Waals surface area contributed by atoms with E-state index in [9.17, 15) is 13.7 Å². The molecule has 0 saturated carbocycles. The molecule has 23 heavy (non-hydrogen) atoms. The van der Waals surface area contributed by atoms with Crippen molar-refractivity contribution in [2.75, 3.05) is 6.26 Å². The number of hydrogen-bond donors (Lipinski definition) is 1. The molecule has 0 spiro atoms. The first-order chi connectivity index (χ1) is 10.8. The maximum absolute atomic E-state index is 11.9. The molecule has 0 bridgehead atoms. The van der Waals surface area contributed by atoms with Crippen LogP contribution in [-0.4, -0.2) is 20.2 Å². The van der Waals surface area contributed by atoms with E-state index in [0.717, 1.165) is 16.7 Å². The topological polar surface area (TPSA) is 70.0 Å². The highest BCUT2D eigenvalue weighted by Crippen LogP contribution is 2.45. The van der Waals surface area contributed by atoms with E-state index in [1.165, 1.54) is 6.26 Å². The summed E-state index contributed by atoms with van der Waals surface area (Å²) in [5.41, 5.74) is 3.09. The minimum absolute atomic E-state index is 0.123. The first-order valence-corrected chi connectivity index (χ1v) is 9.28. The zero-order chi connectivity index (χ0) is 16.7. The van der Waals surface area contributed by atoms with Crippen LogP contribution in [0.2, 0.25) is 0 Å². The summed E-state index contributed by atoms with van der Waals surface area (Å²) in [7, 11) is -3.36. The van der Waals surface area contributed by atoms with Gasteiger partial charge in [-0.15, -0.1) is 0 Å². The van der Waals surface area contributed by atoms with Crippen molar-refractivity contribution in [1.29, 1.82) is 5.26 Å². The van der Waals surface area contributed by atoms with Crippen LogP contribution in [0.25, 0.3) is 0 Å². The van der Waals surface area contributed by atoms with Gasteiger partial charge >= 0.3 is 0 Å². The Hall–Kier alpha value is -2.16. The van der Waals surface area contributed by atoms with Gasteiger partial charge < -0.3 is 0 Å². The molecule has 0 fully saturated rings. The summed E-state index contributed by atoms with van der Waals surface area (Å²) in [5.74, 6) is -0.123. The summed E-state index contributed by atoms with van der Waals surface area (Å²) in [4.78, 5) is 0. The van der Waals surface area contributed by atoms with Gasteiger partial charge in [0.1, 0.15) is 0 Å². The van der Waals surface area contributed by atoms with Crippen molar-refractivity contribution in [1.82, 2.24) is 4.72 Å². The van der Waals surface area contributed by atoms with Crippen LogP contribution in [0.5, 0.6) is 0 Å². The lowest BCUT2D eigenvalue weighted by molar-refractivity contribution is 0.398. The van der Waals surface area contributed by atoms with E-state index < -0.39 is 15.6 Å². The average molecular weight is 326 g/mol. The zero-order valence-corrected chi connectivity index (χ0v) is 13.9. The smallest absolute Gasteiger partial charge is 0.209 e. The van der Waals surface area contributed by atoms with Gasteiger partial charge in [-0.25, -0.2) is 13.1 Å². The molecule has 2 aromatic rings. The van der Waals surface area contributed by atoms with E-state index >= 15 is 0 Å². The van der Waals surface area contributed by atoms with Crippen molar-refractivity contribution in [2.24, 2.45) is 0 Å². The number of nitrogens with one attached hydrogen (secondary N) is 1. The number of hydrogen-bond acceptors (Lipinski definition) is 3. The van der Waals surface area contributed by atoms with Crippen molar-refractivity contribution in [3.63, 3.8) is 0 Å². The van der Waals surface area contributed by atoms with E-state index in [2.05, 4.69) is 10.8 Å². The van der Waals surface area contributed by atoms with Crippen LogP contribution in [0.15, 0.2) is 48.5 Å². The molecule has 1 aliphatic carbocycles. The molecule has 0 heterocycles. The van der Waals surface area contributed by atoms with Crippen molar-refractivity contribution in [3.05, 3.63) is 70.8 Å². The third-order valence-electron chi connectivity index (χ3n) is 4.33. The fourth-order valence-corrected chi connectivity index (χ4v) is 4.68. The minimum atomic E-state index is -3.36. The van der Waals surface area contributed by atoms with Gasteiger partial charge in [0.15, 0.2) is 0 Å². The van der Waals surface area contributed by atoms with Gasteiger partial charge in [-0.1, -0.05) is 36.4 Å². The quantitative estimate of drug-likeness (QED) is 0.942. The standard InChI is InChI=1S/C18H18N2O2S/c1-18(20-23(2,21)22)11-15-9-8-13(12-19)10-16(15)17(18)14-6-4-3-5-7-14/h3-10,17,20H,11H2,1-2H3/t17-,18+/m0/s1. The molecule has 0 aliphatic heterocycles. The van der Waals surface area contributed by atoms with Crippen molar-refractivity contribution in [2.45, 2.75) is 24.8 Å². The Bertz CT molecular complexity index is 885. The van der Waals surface area contributed by atoms with Crippen LogP contribution in [0, 0.1) is 11.3 Å². The third-order valence-corrected chi connectivity index (χ3v) is 5.17. The molecule has 118 valence electrons. The number of fused-ring (bicyclic) bond motifs is 1. The molecule has 3 rings (SSSR count). The van der Waals surface area contributed by atoms with Crippen molar-refractivity contribution in [3.8, 4) is 6.07 Å². The van der Waals surface area contributed by atoms with Crippen molar-refractivity contribution < 1.29 is 8.42 Å². The Morgan fingerprint density at radius 3 is 2.52 bits per heavy atom. The van der Waals surface area contributed by atoms with Crippen LogP contribution in [0.1, 0.15) is 35.1 Å². The Labute approximate surface area is 136 Å². The largest absolute Gasteiger partial charge is 0.213 e. The molecule has 0 aromatic heterocycles. The van der Waals surface area contributed by atoms with Crippen molar-refractivity contribution >= 4 is 10.0 Å². The number of benzene rings is 2. The van der Waals surface area contributed by atoms with E-state index in [-0.39, 0.29) is 5.92 Å². The highest BCUT2D eigenvalue weighted by atomic mass is 32.2. The molecule has 0 radical (unpaired) electrons. The summed E-state index contributed by atoms with van der Waals surface area (Å²) in [5, 5.41) is 9.18. The highest BCUT2D eigenvalue weighted by molar-refractivity contribution is 7.88. The SMILES string of the molecule is C[C@@]1(NS(C)(=O)=O)Cc2ccc(C#N)cc2[C@@H]1c1ccccc1. The third kappa shape index (κ3) is 3.00. The van der Waals surface area contributed by atoms with E-state index in [0.29, 0.717) is 12.0 Å². The summed E-state index contributed by atoms with van der Waals surface area (Å²) in [6.45, 7) is 1.93. The van der Waals surface area contributed by atoms with Gasteiger partial charge in [0.05, 0.1) is 17.9 Å². The second-order valence-corrected chi connectivity index (χ2v) is 8.09. The summed E-state index contributed by atoms with van der Waals surface area (Å²) in [6, 6.07) is 17.6. The predicted octanol–water partition coefficient (Wildman–Crippen LogP) is 2.55. The van der Waals surface area contributed by atoms with Crippen LogP contribution in [-0.2, 0) is 16.4 Å². The molecular formula is C18H18N2O2S. The lowest BCUT2D eigenvalue weighted by Gasteiger charge is -2.32. The molecule has 2 atom stereocenters. The first-order valence-electron chi connectivity index (χ1n) is 7.39. The van der Waals surface area contributed by atoms with Gasteiger partial charge in [-0.2, -0.15) is 5.26 Å². The molecule has 4 nitrogen and oxygen atoms in total. The average Bonchev–Trinajstić information content (AvgIpc) is 2.76. The second kappa shape index (κ2) is 5.48. The second-order valence-electron chi connectivity index (χ2n) is 6.34. The van der Waals surface area contributed by atoms with Crippen LogP contribution in [0.3, 0.4) is 0 Å². The fourth-order valence-electron chi connectivity index (χ4n) is 3.65. The number of nitrogens with zero attached hydrogens (tertiary/aromatic N) is 1. The first kappa shape index (κ1) is 15.7. The van der Waals surface area contributed by atoms with E-state index in [1.807, 2.05) is 49.4 Å². The van der Waals surface area contributed by atoms with Crippen LogP contribution in [0.4, 0.5) is 0 Å². The Kier molecular flexibility index (Phi) is 3.75. The maximum atomic E-state index is 11.9. The molecule has 1 N–H and O–H groups in total. The molecule has 1 aliphatic rings. The monoisotopic (exact) mass is 326 g/mol. The fraction of sp³-hybridized carbons (Fsp3) is 0.278. The van der Waals surface area contributed by atoms with Gasteiger partial charge in [0.2, 0.25) is 10.0 Å². The van der Waals surface area contributed by atoms with Gasteiger partial charge in [0, 0.05) is 11.5 Å². The molecule has 5 heteroatoms. The zero-order valence-electron chi connectivity index (χ0n) is 13.1. The Morgan fingerprint density at radius 2 is 1.91 bits per heavy atom. The van der Waals surface area contributed by atoms with Crippen LogP contribution < -0.4 is 4.72 Å². The molecule has 0 saturated heterocycles. The summed E-state index contributed by atoms with van der Waals surface area (Å²) >= 11 is 0. The molecule has 0 unspecified atom stereocenters. The predicted molar refractivity (Wildman–Crippen MR) is 89.5 cm³/mol. The van der Waals surface area contributed by atoms with Gasteiger partial charge in [-0.05, 0) is 42.2 Å².